The van der Waals surface area contributed by atoms with E-state index in [0.29, 0.717) is 0 Å². The van der Waals surface area contributed by atoms with E-state index in [9.17, 15) is 9.59 Å². The fourth-order valence-electron chi connectivity index (χ4n) is 3.11. The van der Waals surface area contributed by atoms with Crippen LogP contribution in [0.3, 0.4) is 0 Å². The highest BCUT2D eigenvalue weighted by Crippen LogP contribution is 2.31. The summed E-state index contributed by atoms with van der Waals surface area (Å²) in [4.78, 5) is 25.1. The van der Waals surface area contributed by atoms with Crippen LogP contribution >= 0.6 is 0 Å². The zero-order valence-corrected chi connectivity index (χ0v) is 12.8. The van der Waals surface area contributed by atoms with Crippen LogP contribution in [0.5, 0.6) is 0 Å². The van der Waals surface area contributed by atoms with Gasteiger partial charge in [0.2, 0.25) is 5.91 Å². The Hall–Kier alpha value is -1.14. The van der Waals surface area contributed by atoms with E-state index in [-0.39, 0.29) is 30.5 Å². The number of nitrogens with one attached hydrogen (secondary N) is 1. The molecule has 1 amide bonds. The Labute approximate surface area is 125 Å². The van der Waals surface area contributed by atoms with Gasteiger partial charge >= 0.3 is 5.97 Å². The van der Waals surface area contributed by atoms with Gasteiger partial charge in [0.15, 0.2) is 0 Å². The number of likely N-dealkylation sites (tertiary alicyclic amines) is 1. The van der Waals surface area contributed by atoms with Crippen LogP contribution in [0, 0.1) is 5.41 Å². The first-order valence-corrected chi connectivity index (χ1v) is 7.85. The molecule has 2 fully saturated rings. The largest absolute Gasteiger partial charge is 0.481 e. The molecule has 21 heavy (non-hydrogen) atoms. The van der Waals surface area contributed by atoms with Crippen LogP contribution < -0.4 is 5.32 Å². The standard InChI is InChI=1S/C15H26N2O4/c1-15(5-7-16-8-6-15)14(20)17-9-2-12(3-10-17)21-11-4-13(18)19/h12,16H,2-11H2,1H3,(H,18,19). The molecule has 2 N–H and O–H groups in total. The molecule has 2 aliphatic heterocycles. The van der Waals surface area contributed by atoms with Crippen LogP contribution in [-0.4, -0.2) is 60.8 Å². The summed E-state index contributed by atoms with van der Waals surface area (Å²) in [5, 5.41) is 11.9. The Morgan fingerprint density at radius 2 is 1.90 bits per heavy atom. The van der Waals surface area contributed by atoms with Crippen molar-refractivity contribution in [3.63, 3.8) is 0 Å². The number of ether oxygens (including phenoxy) is 1. The van der Waals surface area contributed by atoms with Crippen molar-refractivity contribution in [1.29, 1.82) is 0 Å². The highest BCUT2D eigenvalue weighted by Gasteiger charge is 2.38. The van der Waals surface area contributed by atoms with E-state index in [1.54, 1.807) is 0 Å². The minimum absolute atomic E-state index is 0.0458. The monoisotopic (exact) mass is 298 g/mol. The second-order valence-corrected chi connectivity index (χ2v) is 6.32. The molecule has 6 nitrogen and oxygen atoms in total. The summed E-state index contributed by atoms with van der Waals surface area (Å²) in [6.45, 7) is 5.61. The van der Waals surface area contributed by atoms with E-state index in [1.807, 2.05) is 4.90 Å². The van der Waals surface area contributed by atoms with Gasteiger partial charge in [0.05, 0.1) is 19.1 Å². The topological polar surface area (TPSA) is 78.9 Å². The second kappa shape index (κ2) is 7.22. The Morgan fingerprint density at radius 3 is 2.48 bits per heavy atom. The molecule has 0 aliphatic carbocycles. The van der Waals surface area contributed by atoms with Gasteiger partial charge in [-0.1, -0.05) is 6.92 Å². The molecule has 0 bridgehead atoms. The van der Waals surface area contributed by atoms with Crippen LogP contribution in [0.2, 0.25) is 0 Å². The predicted octanol–water partition coefficient (Wildman–Crippen LogP) is 0.858. The summed E-state index contributed by atoms with van der Waals surface area (Å²) < 4.78 is 5.56. The molecule has 0 spiro atoms. The van der Waals surface area contributed by atoms with Crippen molar-refractivity contribution >= 4 is 11.9 Å². The Balaban J connectivity index is 1.75. The van der Waals surface area contributed by atoms with E-state index in [1.165, 1.54) is 0 Å². The summed E-state index contributed by atoms with van der Waals surface area (Å²) >= 11 is 0. The van der Waals surface area contributed by atoms with Crippen LogP contribution in [0.4, 0.5) is 0 Å². The zero-order valence-electron chi connectivity index (χ0n) is 12.8. The Kier molecular flexibility index (Phi) is 5.58. The van der Waals surface area contributed by atoms with Crippen molar-refractivity contribution in [2.45, 2.75) is 45.1 Å². The van der Waals surface area contributed by atoms with Crippen LogP contribution in [0.15, 0.2) is 0 Å². The predicted molar refractivity (Wildman–Crippen MR) is 78.0 cm³/mol. The molecule has 0 aromatic carbocycles. The van der Waals surface area contributed by atoms with Gasteiger partial charge in [-0.3, -0.25) is 9.59 Å². The summed E-state index contributed by atoms with van der Waals surface area (Å²) in [6, 6.07) is 0. The normalized spacial score (nSPS) is 23.0. The van der Waals surface area contributed by atoms with E-state index in [0.717, 1.165) is 51.9 Å². The SMILES string of the molecule is CC1(C(=O)N2CCC(OCCC(=O)O)CC2)CCNCC1. The molecule has 0 saturated carbocycles. The molecule has 6 heteroatoms. The number of carboxylic acids is 1. The average molecular weight is 298 g/mol. The summed E-state index contributed by atoms with van der Waals surface area (Å²) in [5.41, 5.74) is -0.220. The number of carboxylic acid groups (broad SMARTS) is 1. The molecule has 2 heterocycles. The van der Waals surface area contributed by atoms with Crippen molar-refractivity contribution in [2.75, 3.05) is 32.8 Å². The fraction of sp³-hybridized carbons (Fsp3) is 0.867. The highest BCUT2D eigenvalue weighted by atomic mass is 16.5. The third kappa shape index (κ3) is 4.41. The molecular formula is C15H26N2O4. The zero-order chi connectivity index (χ0) is 15.3. The number of hydrogen-bond donors (Lipinski definition) is 2. The molecule has 0 atom stereocenters. The van der Waals surface area contributed by atoms with Crippen molar-refractivity contribution in [2.24, 2.45) is 5.41 Å². The van der Waals surface area contributed by atoms with E-state index in [4.69, 9.17) is 9.84 Å². The first-order valence-electron chi connectivity index (χ1n) is 7.85. The smallest absolute Gasteiger partial charge is 0.305 e. The highest BCUT2D eigenvalue weighted by molar-refractivity contribution is 5.82. The number of rotatable bonds is 5. The van der Waals surface area contributed by atoms with Gasteiger partial charge in [-0.05, 0) is 38.8 Å². The maximum atomic E-state index is 12.7. The molecule has 0 radical (unpaired) electrons. The van der Waals surface area contributed by atoms with Crippen molar-refractivity contribution in [1.82, 2.24) is 10.2 Å². The lowest BCUT2D eigenvalue weighted by Crippen LogP contribution is -2.50. The number of piperidine rings is 2. The maximum absolute atomic E-state index is 12.7. The molecule has 2 saturated heterocycles. The van der Waals surface area contributed by atoms with Gasteiger partial charge < -0.3 is 20.1 Å². The number of hydrogen-bond acceptors (Lipinski definition) is 4. The average Bonchev–Trinajstić information content (AvgIpc) is 2.48. The summed E-state index contributed by atoms with van der Waals surface area (Å²) in [6.07, 6.45) is 3.56. The van der Waals surface area contributed by atoms with Crippen molar-refractivity contribution < 1.29 is 19.4 Å². The molecule has 0 aromatic heterocycles. The lowest BCUT2D eigenvalue weighted by atomic mass is 9.79. The van der Waals surface area contributed by atoms with Gasteiger partial charge in [-0.2, -0.15) is 0 Å². The molecule has 2 aliphatic rings. The molecule has 120 valence electrons. The lowest BCUT2D eigenvalue weighted by Gasteiger charge is -2.40. The van der Waals surface area contributed by atoms with Gasteiger partial charge in [-0.25, -0.2) is 0 Å². The Bertz CT molecular complexity index is 372. The number of aliphatic carboxylic acids is 1. The maximum Gasteiger partial charge on any atom is 0.305 e. The second-order valence-electron chi connectivity index (χ2n) is 6.32. The number of carbonyl (C=O) groups is 2. The molecule has 0 unspecified atom stereocenters. The van der Waals surface area contributed by atoms with Gasteiger partial charge in [0, 0.05) is 18.5 Å². The fourth-order valence-corrected chi connectivity index (χ4v) is 3.11. The van der Waals surface area contributed by atoms with E-state index >= 15 is 0 Å². The van der Waals surface area contributed by atoms with Crippen LogP contribution in [0.25, 0.3) is 0 Å². The first-order chi connectivity index (χ1) is 10.0. The first kappa shape index (κ1) is 16.2. The van der Waals surface area contributed by atoms with Gasteiger partial charge in [0.25, 0.3) is 0 Å². The summed E-state index contributed by atoms with van der Waals surface area (Å²) in [5.74, 6) is -0.561. The van der Waals surface area contributed by atoms with Gasteiger partial charge in [0.1, 0.15) is 0 Å². The van der Waals surface area contributed by atoms with Crippen molar-refractivity contribution in [3.05, 3.63) is 0 Å². The van der Waals surface area contributed by atoms with E-state index < -0.39 is 5.97 Å². The van der Waals surface area contributed by atoms with Crippen LogP contribution in [-0.2, 0) is 14.3 Å². The van der Waals surface area contributed by atoms with E-state index in [2.05, 4.69) is 12.2 Å². The number of carbonyl (C=O) groups excluding carboxylic acids is 1. The quantitative estimate of drug-likeness (QED) is 0.787. The molecular weight excluding hydrogens is 272 g/mol. The Morgan fingerprint density at radius 1 is 1.29 bits per heavy atom. The molecule has 2 rings (SSSR count). The number of amides is 1. The third-order valence-corrected chi connectivity index (χ3v) is 4.62. The van der Waals surface area contributed by atoms with Crippen molar-refractivity contribution in [3.8, 4) is 0 Å². The minimum Gasteiger partial charge on any atom is -0.481 e. The third-order valence-electron chi connectivity index (χ3n) is 4.62. The minimum atomic E-state index is -0.832. The molecule has 0 aromatic rings. The number of nitrogens with zero attached hydrogens (tertiary/aromatic N) is 1. The van der Waals surface area contributed by atoms with Crippen LogP contribution in [0.1, 0.15) is 39.0 Å². The summed E-state index contributed by atoms with van der Waals surface area (Å²) in [7, 11) is 0. The lowest BCUT2D eigenvalue weighted by molar-refractivity contribution is -0.145. The van der Waals surface area contributed by atoms with Gasteiger partial charge in [-0.15, -0.1) is 0 Å².